The Morgan fingerprint density at radius 2 is 0.548 bits per heavy atom. The van der Waals surface area contributed by atoms with Crippen LogP contribution in [0.5, 0.6) is 0 Å². The van der Waals surface area contributed by atoms with Gasteiger partial charge in [-0.3, -0.25) is 4.79 Å². The number of ether oxygens (including phenoxy) is 7. The maximum atomic E-state index is 13.3. The summed E-state index contributed by atoms with van der Waals surface area (Å²) in [5.74, 6) is -5.00. The van der Waals surface area contributed by atoms with E-state index in [0.717, 1.165) is 0 Å². The molecule has 0 aliphatic carbocycles. The van der Waals surface area contributed by atoms with Crippen molar-refractivity contribution in [3.8, 4) is 0 Å². The minimum atomic E-state index is -4.95. The van der Waals surface area contributed by atoms with Crippen LogP contribution in [-0.4, -0.2) is 175 Å². The van der Waals surface area contributed by atoms with Gasteiger partial charge in [-0.25, -0.2) is 33.6 Å². The number of fused-ring (bicyclic) bond motifs is 4. The first-order valence-electron chi connectivity index (χ1n) is 30.8. The van der Waals surface area contributed by atoms with Gasteiger partial charge in [0, 0.05) is 87.7 Å². The van der Waals surface area contributed by atoms with Crippen LogP contribution in [0.3, 0.4) is 0 Å². The van der Waals surface area contributed by atoms with Gasteiger partial charge in [-0.05, 0) is 125 Å². The lowest BCUT2D eigenvalue weighted by Crippen LogP contribution is -2.84. The second kappa shape index (κ2) is 37.2. The van der Waals surface area contributed by atoms with Crippen molar-refractivity contribution in [2.75, 3.05) is 46.2 Å². The highest BCUT2D eigenvalue weighted by Gasteiger charge is 2.78. The predicted octanol–water partition coefficient (Wildman–Crippen LogP) is 7.19. The van der Waals surface area contributed by atoms with Crippen LogP contribution >= 0.6 is 0 Å². The Bertz CT molecular complexity index is 2720. The number of ketones is 1. The molecule has 0 N–H and O–H groups in total. The quantitative estimate of drug-likeness (QED) is 0.0192. The first-order valence-corrected chi connectivity index (χ1v) is 46.9. The number of hydrogen-bond acceptors (Lipinski definition) is 27. The van der Waals surface area contributed by atoms with Crippen molar-refractivity contribution in [3.63, 3.8) is 0 Å². The molecule has 520 valence electrons. The zero-order valence-corrected chi connectivity index (χ0v) is 65.6. The van der Waals surface area contributed by atoms with Gasteiger partial charge in [0.1, 0.15) is 10.5 Å². The Labute approximate surface area is 558 Å². The molecule has 4 fully saturated rings. The van der Waals surface area contributed by atoms with E-state index in [9.17, 15) is 38.4 Å². The molecule has 0 aromatic carbocycles. The number of rotatable bonds is 42. The smallest absolute Gasteiger partial charge is 0.462 e. The highest BCUT2D eigenvalue weighted by Crippen LogP contribution is 2.51. The second-order valence-electron chi connectivity index (χ2n) is 23.2. The molecule has 36 heteroatoms. The molecule has 0 aromatic heterocycles. The van der Waals surface area contributed by atoms with Gasteiger partial charge >= 0.3 is 113 Å². The molecular weight excluding hydrogens is 1370 g/mol. The van der Waals surface area contributed by atoms with Crippen LogP contribution in [0.15, 0.2) is 97.2 Å². The van der Waals surface area contributed by atoms with Crippen LogP contribution in [0.1, 0.15) is 120 Å². The molecule has 4 unspecified atom stereocenters. The normalized spacial score (nSPS) is 26.2. The Morgan fingerprint density at radius 3 is 0.817 bits per heavy atom. The van der Waals surface area contributed by atoms with Crippen LogP contribution in [0.25, 0.3) is 0 Å². The second-order valence-corrected chi connectivity index (χ2v) is 48.5. The molecule has 4 aliphatic heterocycles. The van der Waals surface area contributed by atoms with E-state index in [1.54, 1.807) is 6.92 Å². The molecule has 27 nitrogen and oxygen atoms in total. The molecule has 4 saturated heterocycles. The fourth-order valence-electron chi connectivity index (χ4n) is 9.14. The molecule has 0 aromatic rings. The Kier molecular flexibility index (Phi) is 32.3. The zero-order valence-electron chi connectivity index (χ0n) is 55.4. The highest BCUT2D eigenvalue weighted by molar-refractivity contribution is 7.00. The van der Waals surface area contributed by atoms with E-state index in [0.29, 0.717) is 5.57 Å². The SMILES string of the molecule is C=C(C)C(=O)CCCC[Si]12O[Si]3(CCCOC(=O)C(=C)C)O[Si](CCCOC(=O)C(=C)C)(O[SiH3])O[Si](CCCOC(=O)C(=C)C)(O[Si]4(CCCOC(=O)C(=C)C)O[SiH](CCCOC(=O)C(=C)C)O[Si](CCCOC(=O)C(=C)C)(O3)O[Si](CCCOC(=O)C(=C)C)(O4)O1)O2. The van der Waals surface area contributed by atoms with Gasteiger partial charge in [-0.1, -0.05) is 52.6 Å². The average Bonchev–Trinajstić information content (AvgIpc) is 0.705. The number of allylic oxidation sites excluding steroid dienone is 1. The summed E-state index contributed by atoms with van der Waals surface area (Å²) < 4.78 is 131. The van der Waals surface area contributed by atoms with Crippen LogP contribution in [0, 0.1) is 0 Å². The molecule has 4 atom stereocenters. The average molecular weight is 1460 g/mol. The molecule has 4 heterocycles. The lowest BCUT2D eigenvalue weighted by Gasteiger charge is -2.60. The third kappa shape index (κ3) is 25.7. The van der Waals surface area contributed by atoms with E-state index in [4.69, 9.17) is 82.5 Å². The van der Waals surface area contributed by atoms with Crippen molar-refractivity contribution in [2.45, 2.75) is 168 Å². The summed E-state index contributed by atoms with van der Waals surface area (Å²) in [5, 5.41) is 0. The highest BCUT2D eigenvalue weighted by atomic mass is 28.6. The van der Waals surface area contributed by atoms with Crippen molar-refractivity contribution in [1.29, 1.82) is 0 Å². The maximum Gasteiger partial charge on any atom is 0.479 e. The fraction of sp³-hybridized carbons (Fsp3) is 0.579. The van der Waals surface area contributed by atoms with Crippen LogP contribution in [0.4, 0.5) is 0 Å². The van der Waals surface area contributed by atoms with E-state index < -0.39 is 113 Å². The van der Waals surface area contributed by atoms with Gasteiger partial charge in [0.25, 0.3) is 0 Å². The molecule has 4 rings (SSSR count). The number of hydrogen-bond donors (Lipinski definition) is 0. The standard InChI is InChI=1S/C57H94O27Si9/c1-42(2)50(58)26-17-18-35-90-82-91(39-23-31-70-55(63)47(11)12)76-87(73-85,36-20-28-67-52(60)44(5)6)77-92(83-90,40-24-32-71-56(64)48(13)14)79-89(38-22-30-69-54(62)46(9)10)75-86(34-19-27-66-51(59)43(3)4)74-88(78-91,37-21-29-68-53(61)45(7)8)80-93(81-89,84-90)41-25-33-72-57(65)49(15)16/h86H,1,3,5,7,9,11,13,15,17-41H2,2,4,6,8,10,12,14,16,85H3. The molecule has 0 spiro atoms. The first kappa shape index (κ1) is 80.8. The molecule has 93 heavy (non-hydrogen) atoms. The summed E-state index contributed by atoms with van der Waals surface area (Å²) in [6, 6.07) is -1.31. The minimum Gasteiger partial charge on any atom is -0.462 e. The van der Waals surface area contributed by atoms with Crippen molar-refractivity contribution in [1.82, 2.24) is 0 Å². The molecule has 4 aliphatic rings. The van der Waals surface area contributed by atoms with E-state index in [2.05, 4.69) is 52.6 Å². The van der Waals surface area contributed by atoms with Crippen molar-refractivity contribution < 1.29 is 121 Å². The molecule has 6 bridgehead atoms. The summed E-state index contributed by atoms with van der Waals surface area (Å²) >= 11 is 0. The number of carbonyl (C=O) groups excluding carboxylic acids is 8. The topological polar surface area (TPSA) is 312 Å². The lowest BCUT2D eigenvalue weighted by molar-refractivity contribution is -0.139. The summed E-state index contributed by atoms with van der Waals surface area (Å²) in [4.78, 5) is 104. The van der Waals surface area contributed by atoms with Gasteiger partial charge in [-0.15, -0.1) is 0 Å². The predicted molar refractivity (Wildman–Crippen MR) is 355 cm³/mol. The van der Waals surface area contributed by atoms with Crippen LogP contribution < -0.4 is 0 Å². The monoisotopic (exact) mass is 1460 g/mol. The van der Waals surface area contributed by atoms with Crippen molar-refractivity contribution in [3.05, 3.63) is 97.2 Å². The lowest BCUT2D eigenvalue weighted by atomic mass is 10.1. The number of esters is 7. The van der Waals surface area contributed by atoms with Crippen LogP contribution in [0.2, 0.25) is 48.4 Å². The Balaban J connectivity index is 2.28. The molecule has 0 radical (unpaired) electrons. The minimum absolute atomic E-state index is 0.0228. The Hall–Kier alpha value is -4.65. The zero-order chi connectivity index (χ0) is 69.4. The largest absolute Gasteiger partial charge is 0.479 e. The van der Waals surface area contributed by atoms with E-state index in [-0.39, 0.29) is 214 Å². The summed E-state index contributed by atoms with van der Waals surface area (Å²) in [6.45, 7) is 40.5. The summed E-state index contributed by atoms with van der Waals surface area (Å²) in [6.07, 6.45) is 0.427. The Morgan fingerprint density at radius 1 is 0.312 bits per heavy atom. The molecule has 0 saturated carbocycles. The van der Waals surface area contributed by atoms with E-state index in [1.165, 1.54) is 48.5 Å². The van der Waals surface area contributed by atoms with Gasteiger partial charge in [-0.2, -0.15) is 0 Å². The van der Waals surface area contributed by atoms with Gasteiger partial charge in [0.15, 0.2) is 5.78 Å². The third-order valence-corrected chi connectivity index (χ3v) is 51.3. The fourth-order valence-corrected chi connectivity index (χ4v) is 57.5. The van der Waals surface area contributed by atoms with Crippen molar-refractivity contribution >= 4 is 129 Å². The van der Waals surface area contributed by atoms with Gasteiger partial charge in [0.2, 0.25) is 0 Å². The van der Waals surface area contributed by atoms with Crippen molar-refractivity contribution in [2.24, 2.45) is 0 Å². The maximum absolute atomic E-state index is 13.3. The summed E-state index contributed by atoms with van der Waals surface area (Å²) in [7, 11) is -37.8. The third-order valence-electron chi connectivity index (χ3n) is 13.8. The number of carbonyl (C=O) groups is 8. The summed E-state index contributed by atoms with van der Waals surface area (Å²) in [5.41, 5.74) is 1.23. The molecular formula is C57H94O27Si9. The van der Waals surface area contributed by atoms with Crippen LogP contribution in [-0.2, 0) is 121 Å². The molecule has 0 amide bonds. The van der Waals surface area contributed by atoms with Gasteiger partial charge in [0.05, 0.1) is 46.2 Å². The number of unbranched alkanes of at least 4 members (excludes halogenated alkanes) is 1. The van der Waals surface area contributed by atoms with Gasteiger partial charge < -0.3 is 82.5 Å². The van der Waals surface area contributed by atoms with E-state index >= 15 is 0 Å². The van der Waals surface area contributed by atoms with E-state index in [1.807, 2.05) is 0 Å². The number of Topliss-reactive ketones (excluding diaryl/α,β-unsaturated/α-hetero) is 1. The first-order chi connectivity index (χ1) is 43.6.